The summed E-state index contributed by atoms with van der Waals surface area (Å²) in [7, 11) is 0. The number of aliphatic hydroxyl groups is 2. The fourth-order valence-electron chi connectivity index (χ4n) is 4.95. The van der Waals surface area contributed by atoms with E-state index in [0.29, 0.717) is 85.9 Å². The van der Waals surface area contributed by atoms with Crippen LogP contribution in [0.25, 0.3) is 0 Å². The van der Waals surface area contributed by atoms with E-state index in [1.807, 2.05) is 98.8 Å². The molecule has 0 saturated heterocycles. The van der Waals surface area contributed by atoms with Crippen LogP contribution in [0.4, 0.5) is 0 Å². The summed E-state index contributed by atoms with van der Waals surface area (Å²) in [6, 6.07) is 41.5. The lowest BCUT2D eigenvalue weighted by Crippen LogP contribution is -1.98. The number of hydrogen-bond donors (Lipinski definition) is 2. The number of carbonyl (C=O) groups is 2. The van der Waals surface area contributed by atoms with Gasteiger partial charge in [0.25, 0.3) is 0 Å². The summed E-state index contributed by atoms with van der Waals surface area (Å²) in [5, 5.41) is 15.8. The zero-order chi connectivity index (χ0) is 42.9. The largest absolute Gasteiger partial charge is 0.396 e. The average Bonchev–Trinajstić information content (AvgIpc) is 3.31. The molecular formula is C54H54O6. The number of unbranched alkanes of at least 4 members (excludes halogenated alkanes) is 2. The van der Waals surface area contributed by atoms with Gasteiger partial charge in [-0.2, -0.15) is 0 Å². The fraction of sp³-hybridized carbons (Fsp3) is 0.259. The Morgan fingerprint density at radius 2 is 0.800 bits per heavy atom. The van der Waals surface area contributed by atoms with Crippen molar-refractivity contribution >= 4 is 11.6 Å². The molecule has 60 heavy (non-hydrogen) atoms. The topological polar surface area (TPSA) is 93.1 Å². The molecule has 0 radical (unpaired) electrons. The Balaban J connectivity index is 0.00000110. The van der Waals surface area contributed by atoms with E-state index in [9.17, 15) is 9.59 Å². The molecule has 306 valence electrons. The molecule has 0 atom stereocenters. The summed E-state index contributed by atoms with van der Waals surface area (Å²) >= 11 is 0. The van der Waals surface area contributed by atoms with E-state index in [-0.39, 0.29) is 11.6 Å². The van der Waals surface area contributed by atoms with Crippen molar-refractivity contribution in [3.63, 3.8) is 0 Å². The van der Waals surface area contributed by atoms with Gasteiger partial charge in [-0.15, -0.1) is 0 Å². The first-order valence-electron chi connectivity index (χ1n) is 20.3. The van der Waals surface area contributed by atoms with E-state index < -0.39 is 0 Å². The predicted octanol–water partition coefficient (Wildman–Crippen LogP) is 9.63. The molecule has 0 unspecified atom stereocenters. The van der Waals surface area contributed by atoms with Crippen LogP contribution >= 0.6 is 0 Å². The molecule has 0 spiro atoms. The van der Waals surface area contributed by atoms with Crippen LogP contribution in [0.1, 0.15) is 106 Å². The maximum absolute atomic E-state index is 12.9. The maximum atomic E-state index is 12.9. The van der Waals surface area contributed by atoms with Gasteiger partial charge in [-0.05, 0) is 60.8 Å². The molecule has 0 aliphatic heterocycles. The Bertz CT molecular complexity index is 2090. The third-order valence-corrected chi connectivity index (χ3v) is 8.15. The third-order valence-electron chi connectivity index (χ3n) is 8.15. The van der Waals surface area contributed by atoms with Crippen molar-refractivity contribution in [2.45, 2.75) is 65.6 Å². The molecule has 5 rings (SSSR count). The molecular weight excluding hydrogens is 745 g/mol. The van der Waals surface area contributed by atoms with Crippen molar-refractivity contribution in [1.82, 2.24) is 0 Å². The van der Waals surface area contributed by atoms with Crippen LogP contribution in [0.3, 0.4) is 0 Å². The first-order chi connectivity index (χ1) is 29.5. The lowest BCUT2D eigenvalue weighted by Gasteiger charge is -2.04. The lowest BCUT2D eigenvalue weighted by molar-refractivity contribution is 0.104. The van der Waals surface area contributed by atoms with Gasteiger partial charge in [0.1, 0.15) is 0 Å². The van der Waals surface area contributed by atoms with Crippen molar-refractivity contribution in [2.75, 3.05) is 26.4 Å². The summed E-state index contributed by atoms with van der Waals surface area (Å²) in [6.45, 7) is 6.80. The lowest BCUT2D eigenvalue weighted by atomic mass is 9.97. The van der Waals surface area contributed by atoms with E-state index in [2.05, 4.69) is 47.4 Å². The minimum atomic E-state index is -0.318. The first kappa shape index (κ1) is 47.9. The van der Waals surface area contributed by atoms with E-state index in [0.717, 1.165) is 36.8 Å². The standard InChI is InChI=1S/C48H38O4.2C3H8O/c49-47(41-23-11-3-12-24-41)31-29-45-35-43(27-15-5-17-33-51-37-39-19-7-1-8-20-39)44(28-16-6-18-34-52-38-40-21-9-2-10-22-40)36-46(45)30-32-48(50)42-25-13-4-14-26-42;2*1-2-3-4/h1-4,7-14,19-26,35-36H,5-6,17-18,33-34,37-38H2;2*4H,2-3H2,1H3. The molecule has 2 N–H and O–H groups in total. The molecule has 0 heterocycles. The Morgan fingerprint density at radius 1 is 0.483 bits per heavy atom. The van der Waals surface area contributed by atoms with Crippen LogP contribution in [-0.4, -0.2) is 48.2 Å². The van der Waals surface area contributed by atoms with Gasteiger partial charge in [-0.3, -0.25) is 9.59 Å². The van der Waals surface area contributed by atoms with Gasteiger partial charge >= 0.3 is 0 Å². The highest BCUT2D eigenvalue weighted by molar-refractivity contribution is 6.10. The van der Waals surface area contributed by atoms with E-state index >= 15 is 0 Å². The summed E-state index contributed by atoms with van der Waals surface area (Å²) in [5.41, 5.74) is 5.59. The molecule has 6 heteroatoms. The first-order valence-corrected chi connectivity index (χ1v) is 20.3. The van der Waals surface area contributed by atoms with Crippen LogP contribution in [-0.2, 0) is 22.7 Å². The summed E-state index contributed by atoms with van der Waals surface area (Å²) in [6.07, 6.45) is 4.54. The van der Waals surface area contributed by atoms with Crippen LogP contribution in [0.15, 0.2) is 133 Å². The molecule has 0 fully saturated rings. The molecule has 5 aromatic carbocycles. The van der Waals surface area contributed by atoms with Crippen molar-refractivity contribution in [3.05, 3.63) is 178 Å². The van der Waals surface area contributed by atoms with Crippen LogP contribution < -0.4 is 0 Å². The fourth-order valence-corrected chi connectivity index (χ4v) is 4.95. The molecule has 0 aromatic heterocycles. The van der Waals surface area contributed by atoms with Crippen molar-refractivity contribution < 1.29 is 29.3 Å². The highest BCUT2D eigenvalue weighted by Gasteiger charge is 2.08. The van der Waals surface area contributed by atoms with E-state index in [1.54, 1.807) is 48.5 Å². The number of aliphatic hydroxyl groups excluding tert-OH is 2. The van der Waals surface area contributed by atoms with Crippen molar-refractivity contribution in [3.8, 4) is 47.4 Å². The zero-order valence-electron chi connectivity index (χ0n) is 34.7. The molecule has 0 bridgehead atoms. The maximum Gasteiger partial charge on any atom is 0.236 e. The second kappa shape index (κ2) is 30.6. The van der Waals surface area contributed by atoms with Gasteiger partial charge in [0.2, 0.25) is 11.6 Å². The molecule has 5 aromatic rings. The van der Waals surface area contributed by atoms with Gasteiger partial charge in [-0.1, -0.05) is 171 Å². The normalized spacial score (nSPS) is 9.53. The molecule has 6 nitrogen and oxygen atoms in total. The second-order valence-electron chi connectivity index (χ2n) is 13.2. The number of ketones is 2. The van der Waals surface area contributed by atoms with Crippen LogP contribution in [0.5, 0.6) is 0 Å². The quantitative estimate of drug-likeness (QED) is 0.0661. The van der Waals surface area contributed by atoms with Crippen LogP contribution in [0.2, 0.25) is 0 Å². The van der Waals surface area contributed by atoms with E-state index in [1.165, 1.54) is 0 Å². The van der Waals surface area contributed by atoms with Gasteiger partial charge in [0.05, 0.1) is 13.2 Å². The predicted molar refractivity (Wildman–Crippen MR) is 241 cm³/mol. The zero-order valence-corrected chi connectivity index (χ0v) is 34.7. The van der Waals surface area contributed by atoms with Crippen molar-refractivity contribution in [2.24, 2.45) is 0 Å². The molecule has 0 amide bonds. The van der Waals surface area contributed by atoms with Crippen molar-refractivity contribution in [1.29, 1.82) is 0 Å². The number of carbonyl (C=O) groups excluding carboxylic acids is 2. The SMILES string of the molecule is CCCO.CCCO.O=C(C#Cc1cc(C#CCCCOCc2ccccc2)c(C#CCCCOCc2ccccc2)cc1C#CC(=O)c1ccccc1)c1ccccc1. The molecule has 0 aliphatic carbocycles. The van der Waals surface area contributed by atoms with Gasteiger partial charge in [-0.25, -0.2) is 0 Å². The minimum absolute atomic E-state index is 0.318. The summed E-state index contributed by atoms with van der Waals surface area (Å²) in [4.78, 5) is 25.8. The third kappa shape index (κ3) is 19.8. The summed E-state index contributed by atoms with van der Waals surface area (Å²) in [5.74, 6) is 24.0. The number of hydrogen-bond acceptors (Lipinski definition) is 6. The highest BCUT2D eigenvalue weighted by atomic mass is 16.5. The van der Waals surface area contributed by atoms with Crippen LogP contribution in [0, 0.1) is 47.4 Å². The monoisotopic (exact) mass is 798 g/mol. The number of rotatable bonds is 14. The Hall–Kier alpha value is -6.48. The molecule has 0 saturated carbocycles. The van der Waals surface area contributed by atoms with E-state index in [4.69, 9.17) is 19.7 Å². The highest BCUT2D eigenvalue weighted by Crippen LogP contribution is 2.17. The second-order valence-corrected chi connectivity index (χ2v) is 13.2. The summed E-state index contributed by atoms with van der Waals surface area (Å²) < 4.78 is 11.6. The number of benzene rings is 5. The average molecular weight is 799 g/mol. The smallest absolute Gasteiger partial charge is 0.236 e. The minimum Gasteiger partial charge on any atom is -0.396 e. The number of ether oxygens (including phenoxy) is 2. The van der Waals surface area contributed by atoms with Gasteiger partial charge < -0.3 is 19.7 Å². The van der Waals surface area contributed by atoms with Gasteiger partial charge in [0, 0.05) is 72.6 Å². The number of Topliss-reactive ketones (excluding diaryl/α,β-unsaturated/α-hetero) is 2. The molecule has 0 aliphatic rings. The van der Waals surface area contributed by atoms with Gasteiger partial charge in [0.15, 0.2) is 0 Å². The Kier molecular flexibility index (Phi) is 24.4. The Morgan fingerprint density at radius 3 is 1.13 bits per heavy atom. The Labute approximate surface area is 357 Å².